The van der Waals surface area contributed by atoms with Crippen molar-refractivity contribution in [1.29, 1.82) is 0 Å². The average Bonchev–Trinajstić information content (AvgIpc) is 2.69. The van der Waals surface area contributed by atoms with Crippen LogP contribution >= 0.6 is 0 Å². The van der Waals surface area contributed by atoms with Crippen molar-refractivity contribution in [3.8, 4) is 11.1 Å². The minimum atomic E-state index is -0.664. The fourth-order valence-electron chi connectivity index (χ4n) is 4.31. The molecule has 0 N–H and O–H groups in total. The summed E-state index contributed by atoms with van der Waals surface area (Å²) in [7, 11) is 0. The van der Waals surface area contributed by atoms with Gasteiger partial charge in [0.1, 0.15) is 17.5 Å². The molecule has 0 aromatic heterocycles. The molecule has 0 saturated heterocycles. The first-order chi connectivity index (χ1) is 13.5. The summed E-state index contributed by atoms with van der Waals surface area (Å²) in [6.07, 6.45) is 8.17. The molecule has 0 radical (unpaired) electrons. The van der Waals surface area contributed by atoms with Crippen molar-refractivity contribution >= 4 is 0 Å². The molecule has 1 aliphatic rings. The number of hydrogen-bond donors (Lipinski definition) is 0. The Morgan fingerprint density at radius 1 is 0.821 bits per heavy atom. The number of rotatable bonds is 7. The molecule has 28 heavy (non-hydrogen) atoms. The number of hydrogen-bond acceptors (Lipinski definition) is 0. The standard InChI is InChI=1S/C24H28F4/c1-16-22(26)14-20(15-23(16)27)21-11-10-19(13-24(21)28)18-8-6-17(7-9-18)5-3-2-4-12-25/h10-11,13-15,17-18H,2-9,12H2,1H3. The Hall–Kier alpha value is -1.84. The minimum Gasteiger partial charge on any atom is -0.251 e. The first-order valence-electron chi connectivity index (χ1n) is 10.3. The summed E-state index contributed by atoms with van der Waals surface area (Å²) in [6, 6.07) is 7.42. The molecule has 0 amide bonds. The molecule has 0 nitrogen and oxygen atoms in total. The summed E-state index contributed by atoms with van der Waals surface area (Å²) in [5, 5.41) is 0. The molecule has 152 valence electrons. The van der Waals surface area contributed by atoms with Gasteiger partial charge in [-0.15, -0.1) is 0 Å². The van der Waals surface area contributed by atoms with Gasteiger partial charge in [0, 0.05) is 11.1 Å². The van der Waals surface area contributed by atoms with E-state index in [1.807, 2.05) is 6.07 Å². The van der Waals surface area contributed by atoms with Gasteiger partial charge in [-0.3, -0.25) is 4.39 Å². The van der Waals surface area contributed by atoms with E-state index in [9.17, 15) is 17.6 Å². The number of alkyl halides is 1. The van der Waals surface area contributed by atoms with Crippen LogP contribution in [0.2, 0.25) is 0 Å². The van der Waals surface area contributed by atoms with Crippen molar-refractivity contribution in [2.45, 2.75) is 64.2 Å². The maximum atomic E-state index is 14.7. The van der Waals surface area contributed by atoms with Crippen molar-refractivity contribution in [1.82, 2.24) is 0 Å². The predicted molar refractivity (Wildman–Crippen MR) is 106 cm³/mol. The predicted octanol–water partition coefficient (Wildman–Crippen LogP) is 7.88. The summed E-state index contributed by atoms with van der Waals surface area (Å²) in [4.78, 5) is 0. The van der Waals surface area contributed by atoms with E-state index < -0.39 is 17.5 Å². The Balaban J connectivity index is 1.64. The third kappa shape index (κ3) is 4.95. The topological polar surface area (TPSA) is 0 Å². The molecule has 2 aromatic carbocycles. The lowest BCUT2D eigenvalue weighted by Gasteiger charge is -2.29. The van der Waals surface area contributed by atoms with Crippen LogP contribution in [0.25, 0.3) is 11.1 Å². The zero-order chi connectivity index (χ0) is 20.1. The zero-order valence-corrected chi connectivity index (χ0v) is 16.4. The molecule has 0 unspecified atom stereocenters. The lowest BCUT2D eigenvalue weighted by molar-refractivity contribution is 0.300. The number of halogens is 4. The SMILES string of the molecule is Cc1c(F)cc(-c2ccc(C3CCC(CCCCCF)CC3)cc2F)cc1F. The summed E-state index contributed by atoms with van der Waals surface area (Å²) in [6.45, 7) is 1.14. The second kappa shape index (κ2) is 9.58. The summed E-state index contributed by atoms with van der Waals surface area (Å²) < 4.78 is 54.5. The maximum Gasteiger partial charge on any atom is 0.131 e. The maximum absolute atomic E-state index is 14.7. The van der Waals surface area contributed by atoms with Gasteiger partial charge in [-0.2, -0.15) is 0 Å². The highest BCUT2D eigenvalue weighted by Gasteiger charge is 2.23. The normalized spacial score (nSPS) is 19.8. The fraction of sp³-hybridized carbons (Fsp3) is 0.500. The van der Waals surface area contributed by atoms with E-state index in [-0.39, 0.29) is 23.4 Å². The summed E-state index contributed by atoms with van der Waals surface area (Å²) in [5.74, 6) is -0.740. The van der Waals surface area contributed by atoms with E-state index >= 15 is 0 Å². The Labute approximate surface area is 165 Å². The molecule has 0 spiro atoms. The largest absolute Gasteiger partial charge is 0.251 e. The van der Waals surface area contributed by atoms with Gasteiger partial charge in [0.15, 0.2) is 0 Å². The molecule has 2 aromatic rings. The first-order valence-corrected chi connectivity index (χ1v) is 10.3. The molecule has 0 heterocycles. The number of unbranched alkanes of at least 4 members (excludes halogenated alkanes) is 2. The van der Waals surface area contributed by atoms with Crippen LogP contribution in [0.5, 0.6) is 0 Å². The second-order valence-corrected chi connectivity index (χ2v) is 8.06. The van der Waals surface area contributed by atoms with E-state index in [2.05, 4.69) is 0 Å². The monoisotopic (exact) mass is 392 g/mol. The molecule has 0 bridgehead atoms. The van der Waals surface area contributed by atoms with Crippen LogP contribution in [0.4, 0.5) is 17.6 Å². The van der Waals surface area contributed by atoms with Crippen molar-refractivity contribution in [3.05, 3.63) is 58.9 Å². The number of benzene rings is 2. The van der Waals surface area contributed by atoms with E-state index in [1.165, 1.54) is 25.1 Å². The van der Waals surface area contributed by atoms with E-state index in [0.717, 1.165) is 50.5 Å². The van der Waals surface area contributed by atoms with Gasteiger partial charge in [0.25, 0.3) is 0 Å². The van der Waals surface area contributed by atoms with Crippen LogP contribution in [0.3, 0.4) is 0 Å². The molecular formula is C24H28F4. The lowest BCUT2D eigenvalue weighted by atomic mass is 9.77. The van der Waals surface area contributed by atoms with E-state index in [4.69, 9.17) is 0 Å². The quantitative estimate of drug-likeness (QED) is 0.332. The highest BCUT2D eigenvalue weighted by molar-refractivity contribution is 5.65. The third-order valence-corrected chi connectivity index (χ3v) is 6.15. The fourth-order valence-corrected chi connectivity index (χ4v) is 4.31. The van der Waals surface area contributed by atoms with Crippen LogP contribution < -0.4 is 0 Å². The Morgan fingerprint density at radius 2 is 1.50 bits per heavy atom. The molecule has 1 fully saturated rings. The van der Waals surface area contributed by atoms with Crippen LogP contribution in [-0.4, -0.2) is 6.67 Å². The van der Waals surface area contributed by atoms with Crippen molar-refractivity contribution in [2.75, 3.05) is 6.67 Å². The Morgan fingerprint density at radius 3 is 2.11 bits per heavy atom. The van der Waals surface area contributed by atoms with Crippen LogP contribution in [0, 0.1) is 30.3 Å². The Kier molecular flexibility index (Phi) is 7.14. The summed E-state index contributed by atoms with van der Waals surface area (Å²) >= 11 is 0. The van der Waals surface area contributed by atoms with Gasteiger partial charge in [-0.05, 0) is 80.2 Å². The molecule has 1 aliphatic carbocycles. The van der Waals surface area contributed by atoms with Crippen LogP contribution in [0.15, 0.2) is 30.3 Å². The van der Waals surface area contributed by atoms with Gasteiger partial charge in [0.2, 0.25) is 0 Å². The first kappa shape index (κ1) is 20.9. The van der Waals surface area contributed by atoms with Gasteiger partial charge in [0.05, 0.1) is 6.67 Å². The smallest absolute Gasteiger partial charge is 0.131 e. The molecule has 0 aliphatic heterocycles. The van der Waals surface area contributed by atoms with Gasteiger partial charge in [-0.25, -0.2) is 13.2 Å². The lowest BCUT2D eigenvalue weighted by Crippen LogP contribution is -2.13. The van der Waals surface area contributed by atoms with Crippen molar-refractivity contribution < 1.29 is 17.6 Å². The zero-order valence-electron chi connectivity index (χ0n) is 16.4. The summed E-state index contributed by atoms with van der Waals surface area (Å²) in [5.41, 5.74) is 1.36. The molecule has 3 rings (SSSR count). The average molecular weight is 392 g/mol. The van der Waals surface area contributed by atoms with Crippen molar-refractivity contribution in [3.63, 3.8) is 0 Å². The highest BCUT2D eigenvalue weighted by atomic mass is 19.1. The van der Waals surface area contributed by atoms with E-state index in [1.54, 1.807) is 6.07 Å². The van der Waals surface area contributed by atoms with Gasteiger partial charge in [-0.1, -0.05) is 31.4 Å². The Bertz CT molecular complexity index is 768. The molecular weight excluding hydrogens is 364 g/mol. The molecule has 0 atom stereocenters. The van der Waals surface area contributed by atoms with Gasteiger partial charge >= 0.3 is 0 Å². The molecule has 1 saturated carbocycles. The van der Waals surface area contributed by atoms with Crippen molar-refractivity contribution in [2.24, 2.45) is 5.92 Å². The minimum absolute atomic E-state index is 0.0535. The second-order valence-electron chi connectivity index (χ2n) is 8.06. The highest BCUT2D eigenvalue weighted by Crippen LogP contribution is 2.39. The van der Waals surface area contributed by atoms with E-state index in [0.29, 0.717) is 18.3 Å². The van der Waals surface area contributed by atoms with Gasteiger partial charge < -0.3 is 0 Å². The van der Waals surface area contributed by atoms with Crippen LogP contribution in [0.1, 0.15) is 68.4 Å². The molecule has 4 heteroatoms. The third-order valence-electron chi connectivity index (χ3n) is 6.15. The van der Waals surface area contributed by atoms with Crippen LogP contribution in [-0.2, 0) is 0 Å².